The summed E-state index contributed by atoms with van der Waals surface area (Å²) in [4.78, 5) is 12.4. The van der Waals surface area contributed by atoms with Crippen LogP contribution in [-0.2, 0) is 6.42 Å². The van der Waals surface area contributed by atoms with E-state index in [0.717, 1.165) is 35.5 Å². The lowest BCUT2D eigenvalue weighted by Gasteiger charge is -2.36. The minimum Gasteiger partial charge on any atom is -0.497 e. The van der Waals surface area contributed by atoms with Gasteiger partial charge in [0.05, 0.1) is 30.7 Å². The van der Waals surface area contributed by atoms with Crippen LogP contribution in [0.15, 0.2) is 30.5 Å². The molecule has 1 aliphatic rings. The smallest absolute Gasteiger partial charge is 0.315 e. The maximum Gasteiger partial charge on any atom is 0.315 e. The molecule has 2 amide bonds. The van der Waals surface area contributed by atoms with E-state index in [1.807, 2.05) is 55.9 Å². The van der Waals surface area contributed by atoms with E-state index in [1.165, 1.54) is 0 Å². The molecule has 0 aliphatic heterocycles. The molecule has 6 heteroatoms. The number of carbonyl (C=O) groups excluding carboxylic acids is 1. The first-order valence-electron chi connectivity index (χ1n) is 9.38. The maximum absolute atomic E-state index is 12.4. The van der Waals surface area contributed by atoms with Gasteiger partial charge in [0.25, 0.3) is 0 Å². The first-order valence-corrected chi connectivity index (χ1v) is 9.38. The van der Waals surface area contributed by atoms with Gasteiger partial charge in [-0.3, -0.25) is 0 Å². The van der Waals surface area contributed by atoms with Crippen LogP contribution in [0.2, 0.25) is 0 Å². The average molecular weight is 370 g/mol. The molecular weight excluding hydrogens is 340 g/mol. The first kappa shape index (κ1) is 19.3. The van der Waals surface area contributed by atoms with Gasteiger partial charge in [-0.25, -0.2) is 9.48 Å². The number of aromatic nitrogens is 2. The molecule has 1 aliphatic carbocycles. The topological polar surface area (TPSA) is 68.2 Å². The molecule has 6 nitrogen and oxygen atoms in total. The molecule has 0 bridgehead atoms. The number of hydrogen-bond acceptors (Lipinski definition) is 3. The Balaban J connectivity index is 1.91. The summed E-state index contributed by atoms with van der Waals surface area (Å²) in [5.41, 5.74) is 3.03. The lowest BCUT2D eigenvalue weighted by Crippen LogP contribution is -2.48. The van der Waals surface area contributed by atoms with Gasteiger partial charge in [-0.1, -0.05) is 13.8 Å². The van der Waals surface area contributed by atoms with Gasteiger partial charge in [-0.15, -0.1) is 0 Å². The Morgan fingerprint density at radius 3 is 2.52 bits per heavy atom. The van der Waals surface area contributed by atoms with Crippen LogP contribution in [0, 0.1) is 5.41 Å². The zero-order chi connectivity index (χ0) is 19.8. The van der Waals surface area contributed by atoms with Gasteiger partial charge in [0.15, 0.2) is 0 Å². The monoisotopic (exact) mass is 370 g/mol. The number of fused-ring (bicyclic) bond motifs is 1. The highest BCUT2D eigenvalue weighted by molar-refractivity contribution is 5.75. The van der Waals surface area contributed by atoms with Crippen LogP contribution in [0.3, 0.4) is 0 Å². The van der Waals surface area contributed by atoms with E-state index in [4.69, 9.17) is 4.74 Å². The van der Waals surface area contributed by atoms with Crippen molar-refractivity contribution >= 4 is 6.03 Å². The molecule has 1 aromatic heterocycles. The van der Waals surface area contributed by atoms with E-state index < -0.39 is 0 Å². The fraction of sp³-hybridized carbons (Fsp3) is 0.524. The number of hydrogen-bond donors (Lipinski definition) is 2. The van der Waals surface area contributed by atoms with Gasteiger partial charge in [-0.05, 0) is 63.3 Å². The highest BCUT2D eigenvalue weighted by atomic mass is 16.5. The molecule has 1 atom stereocenters. The third-order valence-electron chi connectivity index (χ3n) is 4.79. The molecule has 0 unspecified atom stereocenters. The molecule has 0 radical (unpaired) electrons. The Hall–Kier alpha value is -2.50. The van der Waals surface area contributed by atoms with Crippen molar-refractivity contribution in [3.8, 4) is 11.4 Å². The molecule has 0 fully saturated rings. The molecule has 2 N–H and O–H groups in total. The number of nitrogens with zero attached hydrogens (tertiary/aromatic N) is 2. The third-order valence-corrected chi connectivity index (χ3v) is 4.79. The summed E-state index contributed by atoms with van der Waals surface area (Å²) in [6.07, 6.45) is 3.68. The number of rotatable bonds is 3. The molecule has 0 saturated heterocycles. The van der Waals surface area contributed by atoms with E-state index in [0.29, 0.717) is 0 Å². The Labute approximate surface area is 161 Å². The largest absolute Gasteiger partial charge is 0.497 e. The van der Waals surface area contributed by atoms with Crippen molar-refractivity contribution < 1.29 is 9.53 Å². The molecule has 1 heterocycles. The highest BCUT2D eigenvalue weighted by Crippen LogP contribution is 2.41. The fourth-order valence-electron chi connectivity index (χ4n) is 3.65. The summed E-state index contributed by atoms with van der Waals surface area (Å²) >= 11 is 0. The maximum atomic E-state index is 12.4. The summed E-state index contributed by atoms with van der Waals surface area (Å²) in [6.45, 7) is 10.4. The van der Waals surface area contributed by atoms with E-state index in [1.54, 1.807) is 7.11 Å². The Morgan fingerprint density at radius 1 is 1.26 bits per heavy atom. The number of carbonyl (C=O) groups is 1. The minimum absolute atomic E-state index is 0.0573. The normalized spacial score (nSPS) is 18.5. The number of urea groups is 1. The van der Waals surface area contributed by atoms with E-state index in [2.05, 4.69) is 29.6 Å². The second kappa shape index (κ2) is 6.91. The summed E-state index contributed by atoms with van der Waals surface area (Å²) in [7, 11) is 1.66. The molecule has 0 spiro atoms. The zero-order valence-electron chi connectivity index (χ0n) is 17.1. The Kier molecular flexibility index (Phi) is 4.93. The number of ether oxygens (including phenoxy) is 1. The van der Waals surface area contributed by atoms with Crippen molar-refractivity contribution in [2.45, 2.75) is 59.0 Å². The number of methoxy groups -OCH3 is 1. The average Bonchev–Trinajstić information content (AvgIpc) is 2.95. The predicted molar refractivity (Wildman–Crippen MR) is 106 cm³/mol. The molecule has 27 heavy (non-hydrogen) atoms. The summed E-state index contributed by atoms with van der Waals surface area (Å²) in [6, 6.07) is 7.67. The van der Waals surface area contributed by atoms with Gasteiger partial charge in [0, 0.05) is 11.1 Å². The molecule has 2 aromatic rings. The van der Waals surface area contributed by atoms with E-state index >= 15 is 0 Å². The third kappa shape index (κ3) is 4.43. The Bertz CT molecular complexity index is 816. The number of nitrogens with one attached hydrogen (secondary N) is 2. The summed E-state index contributed by atoms with van der Waals surface area (Å²) < 4.78 is 7.23. The molecule has 1 aromatic carbocycles. The quantitative estimate of drug-likeness (QED) is 0.858. The molecule has 0 saturated carbocycles. The predicted octanol–water partition coefficient (Wildman–Crippen LogP) is 3.99. The standard InChI is InChI=1S/C21H30N4O2/c1-20(2,3)24-19(26)23-17-11-21(4,5)12-18-16(17)13-22-25(18)14-7-9-15(27-6)10-8-14/h7-10,13,17H,11-12H2,1-6H3,(H2,23,24,26)/t17-/m1/s1. The molecular formula is C21H30N4O2. The first-order chi connectivity index (χ1) is 12.6. The van der Waals surface area contributed by atoms with Gasteiger partial charge in [0.2, 0.25) is 0 Å². The SMILES string of the molecule is COc1ccc(-n2ncc3c2CC(C)(C)C[C@H]3NC(=O)NC(C)(C)C)cc1. The minimum atomic E-state index is -0.273. The van der Waals surface area contributed by atoms with Crippen LogP contribution in [0.5, 0.6) is 5.75 Å². The van der Waals surface area contributed by atoms with Crippen molar-refractivity contribution in [2.75, 3.05) is 7.11 Å². The van der Waals surface area contributed by atoms with Crippen molar-refractivity contribution in [1.29, 1.82) is 0 Å². The lowest BCUT2D eigenvalue weighted by atomic mass is 9.74. The Morgan fingerprint density at radius 2 is 1.93 bits per heavy atom. The van der Waals surface area contributed by atoms with Crippen LogP contribution in [0.25, 0.3) is 5.69 Å². The van der Waals surface area contributed by atoms with Crippen molar-refractivity contribution in [3.63, 3.8) is 0 Å². The van der Waals surface area contributed by atoms with Crippen LogP contribution in [0.4, 0.5) is 4.79 Å². The second-order valence-electron chi connectivity index (χ2n) is 9.10. The second-order valence-corrected chi connectivity index (χ2v) is 9.10. The fourth-order valence-corrected chi connectivity index (χ4v) is 3.65. The van der Waals surface area contributed by atoms with E-state index in [-0.39, 0.29) is 23.0 Å². The zero-order valence-corrected chi connectivity index (χ0v) is 17.1. The molecule has 146 valence electrons. The molecule has 3 rings (SSSR count). The van der Waals surface area contributed by atoms with Crippen molar-refractivity contribution in [1.82, 2.24) is 20.4 Å². The summed E-state index contributed by atoms with van der Waals surface area (Å²) in [5.74, 6) is 0.818. The summed E-state index contributed by atoms with van der Waals surface area (Å²) in [5, 5.41) is 10.8. The van der Waals surface area contributed by atoms with Crippen molar-refractivity contribution in [3.05, 3.63) is 41.7 Å². The van der Waals surface area contributed by atoms with Gasteiger partial charge in [0.1, 0.15) is 5.75 Å². The van der Waals surface area contributed by atoms with Gasteiger partial charge in [-0.2, -0.15) is 5.10 Å². The number of amides is 2. The highest BCUT2D eigenvalue weighted by Gasteiger charge is 2.36. The van der Waals surface area contributed by atoms with E-state index in [9.17, 15) is 4.79 Å². The van der Waals surface area contributed by atoms with Crippen molar-refractivity contribution in [2.24, 2.45) is 5.41 Å². The van der Waals surface area contributed by atoms with Crippen LogP contribution in [-0.4, -0.2) is 28.5 Å². The van der Waals surface area contributed by atoms with Crippen LogP contribution in [0.1, 0.15) is 58.3 Å². The van der Waals surface area contributed by atoms with Gasteiger partial charge >= 0.3 is 6.03 Å². The number of benzene rings is 1. The van der Waals surface area contributed by atoms with Gasteiger partial charge < -0.3 is 15.4 Å². The van der Waals surface area contributed by atoms with Crippen LogP contribution < -0.4 is 15.4 Å². The van der Waals surface area contributed by atoms with Crippen LogP contribution >= 0.6 is 0 Å². The lowest BCUT2D eigenvalue weighted by molar-refractivity contribution is 0.213.